The van der Waals surface area contributed by atoms with Crippen molar-refractivity contribution in [2.24, 2.45) is 0 Å². The monoisotopic (exact) mass is 497 g/mol. The maximum absolute atomic E-state index is 13.3. The molecular weight excluding hydrogens is 466 g/mol. The van der Waals surface area contributed by atoms with Crippen molar-refractivity contribution in [2.75, 3.05) is 12.4 Å². The maximum Gasteiger partial charge on any atom is 0.319 e. The molecule has 8 nitrogen and oxygen atoms in total. The van der Waals surface area contributed by atoms with Crippen LogP contribution >= 0.6 is 0 Å². The van der Waals surface area contributed by atoms with Crippen LogP contribution in [0.25, 0.3) is 11.3 Å². The molecule has 0 unspecified atom stereocenters. The van der Waals surface area contributed by atoms with Crippen molar-refractivity contribution in [1.29, 1.82) is 0 Å². The van der Waals surface area contributed by atoms with E-state index >= 15 is 0 Å². The van der Waals surface area contributed by atoms with Gasteiger partial charge < -0.3 is 20.7 Å². The van der Waals surface area contributed by atoms with Crippen molar-refractivity contribution in [2.45, 2.75) is 33.0 Å². The summed E-state index contributed by atoms with van der Waals surface area (Å²) >= 11 is 0. The molecule has 3 N–H and O–H groups in total. The van der Waals surface area contributed by atoms with Crippen LogP contribution in [-0.2, 0) is 13.1 Å². The summed E-state index contributed by atoms with van der Waals surface area (Å²) < 4.78 is 7.05. The van der Waals surface area contributed by atoms with Crippen molar-refractivity contribution in [3.8, 4) is 17.0 Å². The number of hydrogen-bond acceptors (Lipinski definition) is 4. The number of urea groups is 1. The molecule has 4 aromatic rings. The number of carbonyl (C=O) groups is 2. The molecule has 8 heteroatoms. The number of ether oxygens (including phenoxy) is 1. The van der Waals surface area contributed by atoms with Crippen molar-refractivity contribution < 1.29 is 14.3 Å². The van der Waals surface area contributed by atoms with Gasteiger partial charge in [-0.2, -0.15) is 5.10 Å². The number of methoxy groups -OCH3 is 1. The number of carbonyl (C=O) groups excluding carboxylic acids is 2. The van der Waals surface area contributed by atoms with E-state index in [1.54, 1.807) is 18.0 Å². The highest BCUT2D eigenvalue weighted by Gasteiger charge is 2.18. The number of anilines is 1. The lowest BCUT2D eigenvalue weighted by atomic mass is 10.1. The summed E-state index contributed by atoms with van der Waals surface area (Å²) in [5, 5.41) is 13.3. The van der Waals surface area contributed by atoms with E-state index in [1.807, 2.05) is 92.7 Å². The van der Waals surface area contributed by atoms with E-state index in [0.717, 1.165) is 22.4 Å². The van der Waals surface area contributed by atoms with E-state index in [0.29, 0.717) is 30.0 Å². The average Bonchev–Trinajstić information content (AvgIpc) is 3.32. The predicted molar refractivity (Wildman–Crippen MR) is 145 cm³/mol. The molecule has 0 atom stereocenters. The van der Waals surface area contributed by atoms with Gasteiger partial charge in [0.2, 0.25) is 0 Å². The molecule has 3 amide bonds. The second-order valence-corrected chi connectivity index (χ2v) is 8.94. The van der Waals surface area contributed by atoms with Crippen molar-refractivity contribution in [3.05, 3.63) is 102 Å². The molecule has 0 aliphatic rings. The van der Waals surface area contributed by atoms with Gasteiger partial charge in [-0.3, -0.25) is 9.48 Å². The van der Waals surface area contributed by atoms with Crippen LogP contribution in [0, 0.1) is 0 Å². The standard InChI is InChI=1S/C29H31N5O3/c1-20(2)31-29(36)32-24-13-9-21(10-14-24)17-30-28(35)26-19-34(18-22-7-5-4-6-8-22)33-27(26)23-11-15-25(37-3)16-12-23/h4-16,19-20H,17-18H2,1-3H3,(H,30,35)(H2,31,32,36). The highest BCUT2D eigenvalue weighted by molar-refractivity contribution is 5.99. The molecule has 0 bridgehead atoms. The Morgan fingerprint density at radius 1 is 0.919 bits per heavy atom. The van der Waals surface area contributed by atoms with Crippen molar-refractivity contribution >= 4 is 17.6 Å². The maximum atomic E-state index is 13.3. The van der Waals surface area contributed by atoms with Gasteiger partial charge in [0, 0.05) is 30.0 Å². The number of amides is 3. The third kappa shape index (κ3) is 6.98. The smallest absolute Gasteiger partial charge is 0.319 e. The van der Waals surface area contributed by atoms with Crippen LogP contribution in [0.5, 0.6) is 5.75 Å². The van der Waals surface area contributed by atoms with Crippen LogP contribution in [-0.4, -0.2) is 34.9 Å². The molecule has 0 fully saturated rings. The normalized spacial score (nSPS) is 10.7. The number of nitrogens with zero attached hydrogens (tertiary/aromatic N) is 2. The zero-order valence-electron chi connectivity index (χ0n) is 21.2. The minimum atomic E-state index is -0.255. The van der Waals surface area contributed by atoms with E-state index in [1.165, 1.54) is 0 Å². The van der Waals surface area contributed by atoms with Gasteiger partial charge in [0.15, 0.2) is 0 Å². The molecule has 0 aliphatic carbocycles. The molecule has 4 rings (SSSR count). The first-order valence-corrected chi connectivity index (χ1v) is 12.1. The summed E-state index contributed by atoms with van der Waals surface area (Å²) in [6.07, 6.45) is 1.78. The molecule has 1 aromatic heterocycles. The number of aromatic nitrogens is 2. The summed E-state index contributed by atoms with van der Waals surface area (Å²) in [7, 11) is 1.62. The summed E-state index contributed by atoms with van der Waals surface area (Å²) in [4.78, 5) is 25.1. The number of rotatable bonds is 9. The molecule has 190 valence electrons. The topological polar surface area (TPSA) is 97.3 Å². The van der Waals surface area contributed by atoms with Gasteiger partial charge in [-0.15, -0.1) is 0 Å². The largest absolute Gasteiger partial charge is 0.497 e. The Kier molecular flexibility index (Phi) is 8.20. The molecule has 37 heavy (non-hydrogen) atoms. The molecule has 1 heterocycles. The van der Waals surface area contributed by atoms with Crippen LogP contribution in [0.4, 0.5) is 10.5 Å². The van der Waals surface area contributed by atoms with E-state index < -0.39 is 0 Å². The van der Waals surface area contributed by atoms with Gasteiger partial charge in [-0.05, 0) is 61.4 Å². The molecular formula is C29H31N5O3. The van der Waals surface area contributed by atoms with Gasteiger partial charge in [0.1, 0.15) is 11.4 Å². The van der Waals surface area contributed by atoms with Gasteiger partial charge in [-0.25, -0.2) is 4.79 Å². The molecule has 0 saturated carbocycles. The SMILES string of the molecule is COc1ccc(-c2nn(Cc3ccccc3)cc2C(=O)NCc2ccc(NC(=O)NC(C)C)cc2)cc1. The minimum Gasteiger partial charge on any atom is -0.497 e. The van der Waals surface area contributed by atoms with E-state index in [2.05, 4.69) is 16.0 Å². The van der Waals surface area contributed by atoms with Gasteiger partial charge >= 0.3 is 6.03 Å². The van der Waals surface area contributed by atoms with E-state index in [4.69, 9.17) is 9.84 Å². The number of benzene rings is 3. The Hall–Kier alpha value is -4.59. The zero-order valence-corrected chi connectivity index (χ0v) is 21.2. The van der Waals surface area contributed by atoms with Crippen LogP contribution in [0.1, 0.15) is 35.3 Å². The fourth-order valence-electron chi connectivity index (χ4n) is 3.81. The average molecular weight is 498 g/mol. The predicted octanol–water partition coefficient (Wildman–Crippen LogP) is 5.07. The van der Waals surface area contributed by atoms with Gasteiger partial charge in [-0.1, -0.05) is 42.5 Å². The van der Waals surface area contributed by atoms with E-state index in [9.17, 15) is 9.59 Å². The Morgan fingerprint density at radius 2 is 1.62 bits per heavy atom. The third-order valence-corrected chi connectivity index (χ3v) is 5.64. The Labute approximate surface area is 216 Å². The first-order chi connectivity index (χ1) is 17.9. The second kappa shape index (κ2) is 11.9. The zero-order chi connectivity index (χ0) is 26.2. The first kappa shape index (κ1) is 25.5. The minimum absolute atomic E-state index is 0.0503. The summed E-state index contributed by atoms with van der Waals surface area (Å²) in [6, 6.07) is 24.6. The summed E-state index contributed by atoms with van der Waals surface area (Å²) in [5.74, 6) is 0.515. The fourth-order valence-corrected chi connectivity index (χ4v) is 3.81. The third-order valence-electron chi connectivity index (χ3n) is 5.64. The highest BCUT2D eigenvalue weighted by Crippen LogP contribution is 2.25. The van der Waals surface area contributed by atoms with Crippen LogP contribution in [0.2, 0.25) is 0 Å². The van der Waals surface area contributed by atoms with Crippen molar-refractivity contribution in [3.63, 3.8) is 0 Å². The Bertz CT molecular complexity index is 1330. The molecule has 0 aliphatic heterocycles. The Morgan fingerprint density at radius 3 is 2.27 bits per heavy atom. The Balaban J connectivity index is 1.48. The first-order valence-electron chi connectivity index (χ1n) is 12.1. The number of hydrogen-bond donors (Lipinski definition) is 3. The lowest BCUT2D eigenvalue weighted by Crippen LogP contribution is -2.34. The van der Waals surface area contributed by atoms with Gasteiger partial charge in [0.05, 0.1) is 19.2 Å². The van der Waals surface area contributed by atoms with Crippen molar-refractivity contribution in [1.82, 2.24) is 20.4 Å². The summed E-state index contributed by atoms with van der Waals surface area (Å²) in [5.41, 5.74) is 4.60. The molecule has 3 aromatic carbocycles. The molecule has 0 spiro atoms. The van der Waals surface area contributed by atoms with Crippen LogP contribution < -0.4 is 20.7 Å². The highest BCUT2D eigenvalue weighted by atomic mass is 16.5. The quantitative estimate of drug-likeness (QED) is 0.301. The number of nitrogens with one attached hydrogen (secondary N) is 3. The summed E-state index contributed by atoms with van der Waals surface area (Å²) in [6.45, 7) is 4.69. The fraction of sp³-hybridized carbons (Fsp3) is 0.207. The second-order valence-electron chi connectivity index (χ2n) is 8.94. The van der Waals surface area contributed by atoms with Crippen LogP contribution in [0.15, 0.2) is 85.1 Å². The van der Waals surface area contributed by atoms with Gasteiger partial charge in [0.25, 0.3) is 5.91 Å². The van der Waals surface area contributed by atoms with Crippen LogP contribution in [0.3, 0.4) is 0 Å². The lowest BCUT2D eigenvalue weighted by molar-refractivity contribution is 0.0951. The lowest BCUT2D eigenvalue weighted by Gasteiger charge is -2.11. The van der Waals surface area contributed by atoms with E-state index in [-0.39, 0.29) is 18.0 Å². The molecule has 0 saturated heterocycles. The molecule has 0 radical (unpaired) electrons.